The Bertz CT molecular complexity index is 962. The van der Waals surface area contributed by atoms with Crippen molar-refractivity contribution in [3.05, 3.63) is 65.4 Å². The smallest absolute Gasteiger partial charge is 0.337 e. The molecular formula is C22H23N3O5. The molecule has 2 aromatic rings. The number of nitriles is 1. The van der Waals surface area contributed by atoms with Crippen LogP contribution in [0.1, 0.15) is 15.9 Å². The first kappa shape index (κ1) is 22.3. The van der Waals surface area contributed by atoms with Crippen LogP contribution >= 0.6 is 0 Å². The van der Waals surface area contributed by atoms with Gasteiger partial charge in [-0.2, -0.15) is 5.26 Å². The molecule has 2 aromatic carbocycles. The third kappa shape index (κ3) is 6.01. The van der Waals surface area contributed by atoms with E-state index in [-0.39, 0.29) is 5.57 Å². The lowest BCUT2D eigenvalue weighted by atomic mass is 10.1. The fourth-order valence-corrected chi connectivity index (χ4v) is 2.58. The lowest BCUT2D eigenvalue weighted by Gasteiger charge is -2.10. The Kier molecular flexibility index (Phi) is 8.27. The van der Waals surface area contributed by atoms with Crippen LogP contribution < -0.4 is 20.1 Å². The molecule has 0 saturated heterocycles. The van der Waals surface area contributed by atoms with Crippen molar-refractivity contribution in [1.82, 2.24) is 5.32 Å². The second-order valence-corrected chi connectivity index (χ2v) is 6.08. The van der Waals surface area contributed by atoms with E-state index < -0.39 is 11.9 Å². The number of ether oxygens (including phenoxy) is 3. The topological polar surface area (TPSA) is 110 Å². The zero-order valence-corrected chi connectivity index (χ0v) is 17.0. The standard InChI is InChI=1S/C22H23N3O5/c1-28-19-9-4-15(12-20(19)29-2)10-11-24-21(26)17(13-23)14-25-18-7-5-16(6-8-18)22(27)30-3/h4-9,12,14,25H,10-11H2,1-3H3,(H,24,26)/b17-14-. The Hall–Kier alpha value is -3.99. The highest BCUT2D eigenvalue weighted by atomic mass is 16.5. The van der Waals surface area contributed by atoms with E-state index >= 15 is 0 Å². The van der Waals surface area contributed by atoms with Crippen molar-refractivity contribution in [2.75, 3.05) is 33.2 Å². The maximum atomic E-state index is 12.2. The van der Waals surface area contributed by atoms with Gasteiger partial charge in [-0.15, -0.1) is 0 Å². The number of methoxy groups -OCH3 is 3. The molecule has 2 rings (SSSR count). The lowest BCUT2D eigenvalue weighted by Crippen LogP contribution is -2.27. The second kappa shape index (κ2) is 11.1. The van der Waals surface area contributed by atoms with Crippen molar-refractivity contribution >= 4 is 17.6 Å². The maximum Gasteiger partial charge on any atom is 0.337 e. The molecule has 30 heavy (non-hydrogen) atoms. The minimum atomic E-state index is -0.489. The van der Waals surface area contributed by atoms with Gasteiger partial charge in [-0.1, -0.05) is 6.07 Å². The molecule has 0 aliphatic heterocycles. The summed E-state index contributed by atoms with van der Waals surface area (Å²) >= 11 is 0. The third-order valence-corrected chi connectivity index (χ3v) is 4.20. The van der Waals surface area contributed by atoms with Gasteiger partial charge in [0, 0.05) is 18.4 Å². The summed E-state index contributed by atoms with van der Waals surface area (Å²) in [6.45, 7) is 0.348. The largest absolute Gasteiger partial charge is 0.493 e. The average Bonchev–Trinajstić information content (AvgIpc) is 2.79. The quantitative estimate of drug-likeness (QED) is 0.372. The average molecular weight is 409 g/mol. The minimum absolute atomic E-state index is 0.0700. The van der Waals surface area contributed by atoms with Crippen LogP contribution in [0.2, 0.25) is 0 Å². The molecule has 0 aliphatic rings. The summed E-state index contributed by atoms with van der Waals surface area (Å²) < 4.78 is 15.1. The Balaban J connectivity index is 1.91. The first-order chi connectivity index (χ1) is 14.5. The number of nitrogens with zero attached hydrogens (tertiary/aromatic N) is 1. The van der Waals surface area contributed by atoms with Crippen molar-refractivity contribution in [2.45, 2.75) is 6.42 Å². The molecule has 0 bridgehead atoms. The molecule has 0 fully saturated rings. The number of carbonyl (C=O) groups excluding carboxylic acids is 2. The summed E-state index contributed by atoms with van der Waals surface area (Å²) in [4.78, 5) is 23.7. The highest BCUT2D eigenvalue weighted by Crippen LogP contribution is 2.27. The van der Waals surface area contributed by atoms with Crippen LogP contribution in [-0.2, 0) is 16.0 Å². The minimum Gasteiger partial charge on any atom is -0.493 e. The highest BCUT2D eigenvalue weighted by Gasteiger charge is 2.10. The van der Waals surface area contributed by atoms with Crippen molar-refractivity contribution in [3.63, 3.8) is 0 Å². The van der Waals surface area contributed by atoms with Gasteiger partial charge in [-0.05, 0) is 48.4 Å². The van der Waals surface area contributed by atoms with E-state index in [1.165, 1.54) is 13.3 Å². The van der Waals surface area contributed by atoms with Crippen LogP contribution in [0.3, 0.4) is 0 Å². The predicted molar refractivity (Wildman–Crippen MR) is 111 cm³/mol. The lowest BCUT2D eigenvalue weighted by molar-refractivity contribution is -0.117. The van der Waals surface area contributed by atoms with Crippen LogP contribution in [0.15, 0.2) is 54.2 Å². The van der Waals surface area contributed by atoms with Gasteiger partial charge in [0.15, 0.2) is 11.5 Å². The molecule has 0 radical (unpaired) electrons. The summed E-state index contributed by atoms with van der Waals surface area (Å²) in [5, 5.41) is 14.8. The third-order valence-electron chi connectivity index (χ3n) is 4.20. The van der Waals surface area contributed by atoms with E-state index in [2.05, 4.69) is 15.4 Å². The first-order valence-corrected chi connectivity index (χ1v) is 9.06. The van der Waals surface area contributed by atoms with E-state index in [1.54, 1.807) is 44.6 Å². The molecule has 0 aliphatic carbocycles. The zero-order valence-electron chi connectivity index (χ0n) is 17.0. The molecular weight excluding hydrogens is 386 g/mol. The zero-order chi connectivity index (χ0) is 21.9. The molecule has 8 heteroatoms. The summed E-state index contributed by atoms with van der Waals surface area (Å²) in [5.74, 6) is 0.312. The molecule has 8 nitrogen and oxygen atoms in total. The van der Waals surface area contributed by atoms with E-state index in [4.69, 9.17) is 9.47 Å². The molecule has 0 saturated carbocycles. The van der Waals surface area contributed by atoms with Gasteiger partial charge >= 0.3 is 5.97 Å². The molecule has 0 aromatic heterocycles. The van der Waals surface area contributed by atoms with Gasteiger partial charge in [0.05, 0.1) is 26.9 Å². The molecule has 0 atom stereocenters. The normalized spacial score (nSPS) is 10.5. The summed E-state index contributed by atoms with van der Waals surface area (Å²) in [5.41, 5.74) is 1.91. The number of carbonyl (C=O) groups is 2. The van der Waals surface area contributed by atoms with Gasteiger partial charge in [-0.25, -0.2) is 4.79 Å². The summed E-state index contributed by atoms with van der Waals surface area (Å²) in [6.07, 6.45) is 1.88. The molecule has 0 spiro atoms. The van der Waals surface area contributed by atoms with E-state index in [1.807, 2.05) is 18.2 Å². The van der Waals surface area contributed by atoms with E-state index in [0.717, 1.165) is 5.56 Å². The SMILES string of the molecule is COC(=O)c1ccc(N/C=C(/C#N)C(=O)NCCc2ccc(OC)c(OC)c2)cc1. The maximum absolute atomic E-state index is 12.2. The second-order valence-electron chi connectivity index (χ2n) is 6.08. The van der Waals surface area contributed by atoms with Crippen LogP contribution in [0.5, 0.6) is 11.5 Å². The highest BCUT2D eigenvalue weighted by molar-refractivity contribution is 5.97. The number of esters is 1. The number of rotatable bonds is 9. The van der Waals surface area contributed by atoms with Crippen molar-refractivity contribution < 1.29 is 23.8 Å². The molecule has 0 unspecified atom stereocenters. The molecule has 0 heterocycles. The molecule has 1 amide bonds. The summed E-state index contributed by atoms with van der Waals surface area (Å²) in [6, 6.07) is 13.8. The van der Waals surface area contributed by atoms with Crippen molar-refractivity contribution in [2.24, 2.45) is 0 Å². The number of hydrogen-bond donors (Lipinski definition) is 2. The Labute approximate surface area is 175 Å². The first-order valence-electron chi connectivity index (χ1n) is 9.06. The fraction of sp³-hybridized carbons (Fsp3) is 0.227. The monoisotopic (exact) mass is 409 g/mol. The number of nitrogens with one attached hydrogen (secondary N) is 2. The van der Waals surface area contributed by atoms with Gasteiger partial charge in [0.25, 0.3) is 5.91 Å². The Morgan fingerprint density at radius 1 is 1.03 bits per heavy atom. The Morgan fingerprint density at radius 2 is 1.73 bits per heavy atom. The van der Waals surface area contributed by atoms with Gasteiger partial charge in [0.2, 0.25) is 0 Å². The van der Waals surface area contributed by atoms with Crippen molar-refractivity contribution in [1.29, 1.82) is 5.26 Å². The van der Waals surface area contributed by atoms with Gasteiger partial charge < -0.3 is 24.8 Å². The number of anilines is 1. The number of hydrogen-bond acceptors (Lipinski definition) is 7. The molecule has 2 N–H and O–H groups in total. The number of amides is 1. The van der Waals surface area contributed by atoms with Crippen LogP contribution in [0, 0.1) is 11.3 Å². The number of benzene rings is 2. The van der Waals surface area contributed by atoms with Crippen LogP contribution in [0.25, 0.3) is 0 Å². The van der Waals surface area contributed by atoms with Gasteiger partial charge in [0.1, 0.15) is 11.6 Å². The van der Waals surface area contributed by atoms with Crippen LogP contribution in [0.4, 0.5) is 5.69 Å². The van der Waals surface area contributed by atoms with E-state index in [9.17, 15) is 14.9 Å². The molecule has 156 valence electrons. The summed E-state index contributed by atoms with van der Waals surface area (Å²) in [7, 11) is 4.43. The van der Waals surface area contributed by atoms with Crippen molar-refractivity contribution in [3.8, 4) is 17.6 Å². The van der Waals surface area contributed by atoms with E-state index in [0.29, 0.717) is 35.7 Å². The van der Waals surface area contributed by atoms with Gasteiger partial charge in [-0.3, -0.25) is 4.79 Å². The Morgan fingerprint density at radius 3 is 2.33 bits per heavy atom. The predicted octanol–water partition coefficient (Wildman–Crippen LogP) is 2.67. The fourth-order valence-electron chi connectivity index (χ4n) is 2.58. The van der Waals surface area contributed by atoms with Crippen LogP contribution in [-0.4, -0.2) is 39.8 Å².